The number of nitrogens with two attached hydrogens (primary N) is 1. The van der Waals surface area contributed by atoms with Crippen molar-refractivity contribution in [2.75, 3.05) is 19.6 Å². The lowest BCUT2D eigenvalue weighted by Crippen LogP contribution is -2.44. The number of rotatable bonds is 3. The summed E-state index contributed by atoms with van der Waals surface area (Å²) in [6.45, 7) is 5.88. The summed E-state index contributed by atoms with van der Waals surface area (Å²) in [4.78, 5) is 2.73. The van der Waals surface area contributed by atoms with Crippen molar-refractivity contribution in [3.05, 3.63) is 0 Å². The zero-order valence-corrected chi connectivity index (χ0v) is 10.9. The predicted octanol–water partition coefficient (Wildman–Crippen LogP) is 2.77. The number of nitrogens with zero attached hydrogens (tertiary/aromatic N) is 1. The Bertz CT molecular complexity index is 209. The molecule has 0 radical (unpaired) electrons. The topological polar surface area (TPSA) is 29.3 Å². The van der Waals surface area contributed by atoms with Crippen LogP contribution in [-0.4, -0.2) is 30.6 Å². The van der Waals surface area contributed by atoms with Gasteiger partial charge in [-0.2, -0.15) is 0 Å². The van der Waals surface area contributed by atoms with Gasteiger partial charge in [-0.15, -0.1) is 0 Å². The summed E-state index contributed by atoms with van der Waals surface area (Å²) in [7, 11) is 0. The fraction of sp³-hybridized carbons (Fsp3) is 1.00. The molecule has 1 heterocycles. The van der Waals surface area contributed by atoms with Crippen LogP contribution in [0.5, 0.6) is 0 Å². The van der Waals surface area contributed by atoms with Crippen molar-refractivity contribution in [1.29, 1.82) is 0 Å². The summed E-state index contributed by atoms with van der Waals surface area (Å²) in [6.07, 6.45) is 11.2. The van der Waals surface area contributed by atoms with Crippen LogP contribution in [0.1, 0.15) is 58.3 Å². The second-order valence-corrected chi connectivity index (χ2v) is 6.08. The highest BCUT2D eigenvalue weighted by Crippen LogP contribution is 2.38. The van der Waals surface area contributed by atoms with Crippen molar-refractivity contribution < 1.29 is 0 Å². The highest BCUT2D eigenvalue weighted by molar-refractivity contribution is 4.90. The molecule has 1 aliphatic heterocycles. The Hall–Kier alpha value is -0.0800. The molecule has 0 aromatic carbocycles. The Morgan fingerprint density at radius 2 is 1.88 bits per heavy atom. The Balaban J connectivity index is 1.95. The first-order valence-electron chi connectivity index (χ1n) is 7.20. The molecule has 0 aromatic heterocycles. The third kappa shape index (κ3) is 2.78. The van der Waals surface area contributed by atoms with Crippen LogP contribution in [-0.2, 0) is 0 Å². The summed E-state index contributed by atoms with van der Waals surface area (Å²) in [6, 6.07) is 0.784. The molecule has 0 bridgehead atoms. The largest absolute Gasteiger partial charge is 0.330 e. The highest BCUT2D eigenvalue weighted by atomic mass is 15.2. The van der Waals surface area contributed by atoms with E-state index in [1.807, 2.05) is 0 Å². The highest BCUT2D eigenvalue weighted by Gasteiger charge is 2.35. The normalized spacial score (nSPS) is 31.5. The minimum Gasteiger partial charge on any atom is -0.330 e. The molecule has 2 nitrogen and oxygen atoms in total. The summed E-state index contributed by atoms with van der Waals surface area (Å²) in [5.41, 5.74) is 6.51. The van der Waals surface area contributed by atoms with Crippen LogP contribution in [0.3, 0.4) is 0 Å². The van der Waals surface area contributed by atoms with Crippen molar-refractivity contribution in [2.45, 2.75) is 64.3 Å². The van der Waals surface area contributed by atoms with E-state index in [1.54, 1.807) is 0 Å². The summed E-state index contributed by atoms with van der Waals surface area (Å²) in [5, 5.41) is 0. The molecule has 1 aliphatic carbocycles. The number of hydrogen-bond donors (Lipinski definition) is 1. The molecule has 0 amide bonds. The van der Waals surface area contributed by atoms with Gasteiger partial charge in [-0.25, -0.2) is 0 Å². The lowest BCUT2D eigenvalue weighted by molar-refractivity contribution is 0.124. The van der Waals surface area contributed by atoms with E-state index in [0.29, 0.717) is 5.41 Å². The SMILES string of the molecule is CC1CCCCCN1CC1(CN)CCCC1. The molecule has 2 rings (SSSR count). The second kappa shape index (κ2) is 5.50. The van der Waals surface area contributed by atoms with Gasteiger partial charge in [0.05, 0.1) is 0 Å². The minimum absolute atomic E-state index is 0.471. The maximum atomic E-state index is 6.04. The van der Waals surface area contributed by atoms with Gasteiger partial charge in [0.15, 0.2) is 0 Å². The fourth-order valence-corrected chi connectivity index (χ4v) is 3.55. The van der Waals surface area contributed by atoms with Crippen LogP contribution in [0.2, 0.25) is 0 Å². The quantitative estimate of drug-likeness (QED) is 0.798. The van der Waals surface area contributed by atoms with Gasteiger partial charge in [-0.1, -0.05) is 25.7 Å². The standard InChI is InChI=1S/C14H28N2/c1-13-7-3-2-6-10-16(13)12-14(11-15)8-4-5-9-14/h13H,2-12,15H2,1H3. The number of likely N-dealkylation sites (tertiary alicyclic amines) is 1. The molecule has 1 atom stereocenters. The molecule has 2 aliphatic rings. The summed E-state index contributed by atoms with van der Waals surface area (Å²) >= 11 is 0. The minimum atomic E-state index is 0.471. The Kier molecular flexibility index (Phi) is 4.26. The molecule has 1 unspecified atom stereocenters. The Morgan fingerprint density at radius 3 is 2.56 bits per heavy atom. The van der Waals surface area contributed by atoms with Crippen LogP contribution < -0.4 is 5.73 Å². The van der Waals surface area contributed by atoms with Gasteiger partial charge in [0.1, 0.15) is 0 Å². The molecule has 94 valence electrons. The predicted molar refractivity (Wildman–Crippen MR) is 69.5 cm³/mol. The fourth-order valence-electron chi connectivity index (χ4n) is 3.55. The van der Waals surface area contributed by atoms with Crippen LogP contribution in [0.15, 0.2) is 0 Å². The van der Waals surface area contributed by atoms with Crippen molar-refractivity contribution in [3.8, 4) is 0 Å². The monoisotopic (exact) mass is 224 g/mol. The van der Waals surface area contributed by atoms with Crippen molar-refractivity contribution >= 4 is 0 Å². The van der Waals surface area contributed by atoms with E-state index in [4.69, 9.17) is 5.73 Å². The summed E-state index contributed by atoms with van der Waals surface area (Å²) < 4.78 is 0. The van der Waals surface area contributed by atoms with Gasteiger partial charge in [0, 0.05) is 12.6 Å². The van der Waals surface area contributed by atoms with E-state index in [-0.39, 0.29) is 0 Å². The maximum absolute atomic E-state index is 6.04. The first kappa shape index (κ1) is 12.4. The van der Waals surface area contributed by atoms with Crippen LogP contribution >= 0.6 is 0 Å². The average Bonchev–Trinajstić information content (AvgIpc) is 2.67. The molecule has 2 N–H and O–H groups in total. The van der Waals surface area contributed by atoms with E-state index < -0.39 is 0 Å². The zero-order chi connectivity index (χ0) is 11.4. The van der Waals surface area contributed by atoms with Gasteiger partial charge >= 0.3 is 0 Å². The second-order valence-electron chi connectivity index (χ2n) is 6.08. The first-order valence-corrected chi connectivity index (χ1v) is 7.20. The molecule has 2 fully saturated rings. The first-order chi connectivity index (χ1) is 7.76. The van der Waals surface area contributed by atoms with Crippen LogP contribution in [0.4, 0.5) is 0 Å². The lowest BCUT2D eigenvalue weighted by Gasteiger charge is -2.37. The van der Waals surface area contributed by atoms with Gasteiger partial charge in [0.25, 0.3) is 0 Å². The molecule has 2 heteroatoms. The molecule has 1 saturated heterocycles. The van der Waals surface area contributed by atoms with E-state index in [1.165, 1.54) is 64.5 Å². The van der Waals surface area contributed by atoms with Gasteiger partial charge in [0.2, 0.25) is 0 Å². The van der Waals surface area contributed by atoms with E-state index in [2.05, 4.69) is 11.8 Å². The Morgan fingerprint density at radius 1 is 1.12 bits per heavy atom. The lowest BCUT2D eigenvalue weighted by atomic mass is 9.85. The third-order valence-corrected chi connectivity index (χ3v) is 4.83. The van der Waals surface area contributed by atoms with Crippen LogP contribution in [0.25, 0.3) is 0 Å². The van der Waals surface area contributed by atoms with Crippen molar-refractivity contribution in [3.63, 3.8) is 0 Å². The number of hydrogen-bond acceptors (Lipinski definition) is 2. The van der Waals surface area contributed by atoms with Gasteiger partial charge in [-0.3, -0.25) is 0 Å². The molecule has 0 aromatic rings. The van der Waals surface area contributed by atoms with Gasteiger partial charge < -0.3 is 10.6 Å². The molecule has 16 heavy (non-hydrogen) atoms. The van der Waals surface area contributed by atoms with Gasteiger partial charge in [-0.05, 0) is 51.1 Å². The van der Waals surface area contributed by atoms with Crippen molar-refractivity contribution in [1.82, 2.24) is 4.90 Å². The molecular weight excluding hydrogens is 196 g/mol. The zero-order valence-electron chi connectivity index (χ0n) is 10.9. The van der Waals surface area contributed by atoms with Crippen molar-refractivity contribution in [2.24, 2.45) is 11.1 Å². The third-order valence-electron chi connectivity index (χ3n) is 4.83. The van der Waals surface area contributed by atoms with Crippen LogP contribution in [0, 0.1) is 5.41 Å². The van der Waals surface area contributed by atoms with E-state index in [9.17, 15) is 0 Å². The Labute approximate surface area is 101 Å². The smallest absolute Gasteiger partial charge is 0.00671 e. The molecular formula is C14H28N2. The van der Waals surface area contributed by atoms with E-state index in [0.717, 1.165) is 12.6 Å². The van der Waals surface area contributed by atoms with E-state index >= 15 is 0 Å². The molecule has 1 saturated carbocycles. The molecule has 0 spiro atoms. The summed E-state index contributed by atoms with van der Waals surface area (Å²) in [5.74, 6) is 0. The maximum Gasteiger partial charge on any atom is 0.00671 e. The average molecular weight is 224 g/mol.